The van der Waals surface area contributed by atoms with Crippen LogP contribution in [0.25, 0.3) is 0 Å². The summed E-state index contributed by atoms with van der Waals surface area (Å²) in [7, 11) is 2.95. The van der Waals surface area contributed by atoms with Gasteiger partial charge in [-0.2, -0.15) is 0 Å². The average Bonchev–Trinajstić information content (AvgIpc) is 2.80. The lowest BCUT2D eigenvalue weighted by Crippen LogP contribution is -2.30. The van der Waals surface area contributed by atoms with Crippen LogP contribution in [0.5, 0.6) is 5.75 Å². The van der Waals surface area contributed by atoms with Crippen molar-refractivity contribution in [2.24, 2.45) is 11.1 Å². The maximum absolute atomic E-state index is 11.5. The molecule has 96 valence electrons. The standard InChI is InChI=1S/C13H15NO4/c1-8-11(14-18-12(8)13(15)17-3)9-4-6-10(16-2)7-5-9/h4-8,12H,1-3H3/t8-,12-/m1/s1. The quantitative estimate of drug-likeness (QED) is 0.764. The number of oxime groups is 1. The molecule has 2 rings (SSSR count). The number of nitrogens with zero attached hydrogens (tertiary/aromatic N) is 1. The number of hydrogen-bond acceptors (Lipinski definition) is 5. The van der Waals surface area contributed by atoms with Gasteiger partial charge in [-0.05, 0) is 24.3 Å². The molecule has 0 unspecified atom stereocenters. The predicted octanol–water partition coefficient (Wildman–Crippen LogP) is 1.61. The van der Waals surface area contributed by atoms with E-state index in [9.17, 15) is 4.79 Å². The van der Waals surface area contributed by atoms with Gasteiger partial charge in [0, 0.05) is 5.56 Å². The smallest absolute Gasteiger partial charge is 0.350 e. The van der Waals surface area contributed by atoms with Gasteiger partial charge < -0.3 is 14.3 Å². The van der Waals surface area contributed by atoms with Crippen molar-refractivity contribution < 1.29 is 19.1 Å². The number of carbonyl (C=O) groups is 1. The minimum absolute atomic E-state index is 0.133. The lowest BCUT2D eigenvalue weighted by molar-refractivity contribution is -0.154. The lowest BCUT2D eigenvalue weighted by atomic mass is 9.94. The Morgan fingerprint density at radius 1 is 1.28 bits per heavy atom. The van der Waals surface area contributed by atoms with Crippen molar-refractivity contribution in [3.05, 3.63) is 29.8 Å². The van der Waals surface area contributed by atoms with Gasteiger partial charge in [0.15, 0.2) is 0 Å². The fourth-order valence-corrected chi connectivity index (χ4v) is 1.87. The summed E-state index contributed by atoms with van der Waals surface area (Å²) in [5.74, 6) is 0.232. The Morgan fingerprint density at radius 2 is 1.94 bits per heavy atom. The third-order valence-electron chi connectivity index (χ3n) is 2.97. The van der Waals surface area contributed by atoms with Crippen LogP contribution in [0.3, 0.4) is 0 Å². The first kappa shape index (κ1) is 12.4. The van der Waals surface area contributed by atoms with Crippen LogP contribution >= 0.6 is 0 Å². The van der Waals surface area contributed by atoms with Crippen LogP contribution in [-0.4, -0.2) is 32.0 Å². The van der Waals surface area contributed by atoms with E-state index >= 15 is 0 Å². The van der Waals surface area contributed by atoms with Gasteiger partial charge in [0.05, 0.1) is 25.8 Å². The molecule has 0 radical (unpaired) electrons. The first-order chi connectivity index (χ1) is 8.67. The normalized spacial score (nSPS) is 22.1. The van der Waals surface area contributed by atoms with E-state index in [4.69, 9.17) is 9.57 Å². The van der Waals surface area contributed by atoms with E-state index in [-0.39, 0.29) is 5.92 Å². The number of carbonyl (C=O) groups excluding carboxylic acids is 1. The zero-order valence-electron chi connectivity index (χ0n) is 10.5. The van der Waals surface area contributed by atoms with Gasteiger partial charge in [-0.3, -0.25) is 0 Å². The second-order valence-electron chi connectivity index (χ2n) is 4.04. The summed E-state index contributed by atoms with van der Waals surface area (Å²) in [6, 6.07) is 7.46. The number of methoxy groups -OCH3 is 2. The minimum Gasteiger partial charge on any atom is -0.497 e. The highest BCUT2D eigenvalue weighted by molar-refractivity contribution is 6.05. The molecule has 5 heteroatoms. The van der Waals surface area contributed by atoms with Gasteiger partial charge in [0.2, 0.25) is 6.10 Å². The first-order valence-corrected chi connectivity index (χ1v) is 5.63. The minimum atomic E-state index is -0.660. The van der Waals surface area contributed by atoms with E-state index in [0.29, 0.717) is 0 Å². The van der Waals surface area contributed by atoms with Crippen molar-refractivity contribution in [2.45, 2.75) is 13.0 Å². The van der Waals surface area contributed by atoms with Gasteiger partial charge >= 0.3 is 5.97 Å². The molecule has 0 aliphatic carbocycles. The van der Waals surface area contributed by atoms with Gasteiger partial charge in [-0.15, -0.1) is 0 Å². The Morgan fingerprint density at radius 3 is 2.50 bits per heavy atom. The van der Waals surface area contributed by atoms with E-state index in [1.165, 1.54) is 7.11 Å². The second-order valence-corrected chi connectivity index (χ2v) is 4.04. The summed E-state index contributed by atoms with van der Waals surface area (Å²) in [6.07, 6.45) is -0.660. The van der Waals surface area contributed by atoms with E-state index < -0.39 is 12.1 Å². The number of benzene rings is 1. The summed E-state index contributed by atoms with van der Waals surface area (Å²) in [5, 5.41) is 3.97. The van der Waals surface area contributed by atoms with E-state index in [1.54, 1.807) is 7.11 Å². The zero-order chi connectivity index (χ0) is 13.1. The molecule has 0 bridgehead atoms. The molecule has 0 saturated carbocycles. The van der Waals surface area contributed by atoms with E-state index in [0.717, 1.165) is 17.0 Å². The fourth-order valence-electron chi connectivity index (χ4n) is 1.87. The van der Waals surface area contributed by atoms with Crippen LogP contribution in [0.1, 0.15) is 12.5 Å². The largest absolute Gasteiger partial charge is 0.497 e. The molecule has 2 atom stereocenters. The van der Waals surface area contributed by atoms with Crippen molar-refractivity contribution in [2.75, 3.05) is 14.2 Å². The summed E-state index contributed by atoms with van der Waals surface area (Å²) >= 11 is 0. The molecule has 0 saturated heterocycles. The molecular weight excluding hydrogens is 234 g/mol. The molecule has 1 aromatic rings. The van der Waals surface area contributed by atoms with Crippen molar-refractivity contribution in [1.82, 2.24) is 0 Å². The summed E-state index contributed by atoms with van der Waals surface area (Å²) in [4.78, 5) is 16.6. The SMILES string of the molecule is COC(=O)[C@@H]1ON=C(c2ccc(OC)cc2)[C@H]1C. The highest BCUT2D eigenvalue weighted by Gasteiger charge is 2.37. The molecule has 1 aromatic carbocycles. The van der Waals surface area contributed by atoms with Crippen LogP contribution in [0.4, 0.5) is 0 Å². The van der Waals surface area contributed by atoms with Crippen molar-refractivity contribution >= 4 is 11.7 Å². The summed E-state index contributed by atoms with van der Waals surface area (Å²) in [5.41, 5.74) is 1.66. The number of esters is 1. The molecule has 1 aliphatic heterocycles. The average molecular weight is 249 g/mol. The highest BCUT2D eigenvalue weighted by atomic mass is 16.7. The third kappa shape index (κ3) is 2.16. The molecule has 0 N–H and O–H groups in total. The molecule has 0 fully saturated rings. The highest BCUT2D eigenvalue weighted by Crippen LogP contribution is 2.24. The van der Waals surface area contributed by atoms with Crippen LogP contribution in [0, 0.1) is 5.92 Å². The van der Waals surface area contributed by atoms with Crippen molar-refractivity contribution in [3.63, 3.8) is 0 Å². The Hall–Kier alpha value is -2.04. The van der Waals surface area contributed by atoms with Crippen LogP contribution in [-0.2, 0) is 14.4 Å². The van der Waals surface area contributed by atoms with Gasteiger partial charge in [0.25, 0.3) is 0 Å². The molecule has 0 spiro atoms. The Bertz CT molecular complexity index is 466. The van der Waals surface area contributed by atoms with Crippen LogP contribution in [0.2, 0.25) is 0 Å². The maximum Gasteiger partial charge on any atom is 0.350 e. The maximum atomic E-state index is 11.5. The number of hydrogen-bond donors (Lipinski definition) is 0. The Kier molecular flexibility index (Phi) is 3.50. The Balaban J connectivity index is 2.17. The topological polar surface area (TPSA) is 57.1 Å². The van der Waals surface area contributed by atoms with E-state index in [1.807, 2.05) is 31.2 Å². The second kappa shape index (κ2) is 5.08. The molecule has 1 heterocycles. The lowest BCUT2D eigenvalue weighted by Gasteiger charge is -2.12. The third-order valence-corrected chi connectivity index (χ3v) is 2.97. The molecule has 0 amide bonds. The van der Waals surface area contributed by atoms with Gasteiger partial charge in [-0.1, -0.05) is 12.1 Å². The first-order valence-electron chi connectivity index (χ1n) is 5.63. The van der Waals surface area contributed by atoms with Gasteiger partial charge in [0.1, 0.15) is 5.75 Å². The summed E-state index contributed by atoms with van der Waals surface area (Å²) < 4.78 is 9.76. The zero-order valence-corrected chi connectivity index (χ0v) is 10.5. The molecule has 1 aliphatic rings. The van der Waals surface area contributed by atoms with Crippen LogP contribution in [0.15, 0.2) is 29.4 Å². The Labute approximate surface area is 105 Å². The molecule has 0 aromatic heterocycles. The monoisotopic (exact) mass is 249 g/mol. The fraction of sp³-hybridized carbons (Fsp3) is 0.385. The summed E-state index contributed by atoms with van der Waals surface area (Å²) in [6.45, 7) is 1.89. The molecule has 18 heavy (non-hydrogen) atoms. The molecule has 5 nitrogen and oxygen atoms in total. The van der Waals surface area contributed by atoms with Crippen LogP contribution < -0.4 is 4.74 Å². The molecular formula is C13H15NO4. The van der Waals surface area contributed by atoms with Crippen molar-refractivity contribution in [1.29, 1.82) is 0 Å². The number of ether oxygens (including phenoxy) is 2. The van der Waals surface area contributed by atoms with Gasteiger partial charge in [-0.25, -0.2) is 4.79 Å². The van der Waals surface area contributed by atoms with E-state index in [2.05, 4.69) is 9.89 Å². The van der Waals surface area contributed by atoms with Crippen molar-refractivity contribution in [3.8, 4) is 5.75 Å². The number of rotatable bonds is 3. The predicted molar refractivity (Wildman–Crippen MR) is 65.6 cm³/mol.